The van der Waals surface area contributed by atoms with Crippen LogP contribution in [0.25, 0.3) is 0 Å². The van der Waals surface area contributed by atoms with Gasteiger partial charge in [0.1, 0.15) is 5.82 Å². The zero-order chi connectivity index (χ0) is 14.8. The molecule has 1 saturated heterocycles. The van der Waals surface area contributed by atoms with Crippen molar-refractivity contribution in [2.45, 2.75) is 30.3 Å². The zero-order valence-corrected chi connectivity index (χ0v) is 11.5. The van der Waals surface area contributed by atoms with Crippen LogP contribution in [-0.4, -0.2) is 26.9 Å². The van der Waals surface area contributed by atoms with Gasteiger partial charge in [0, 0.05) is 31.1 Å². The predicted octanol–water partition coefficient (Wildman–Crippen LogP) is -0.159. The minimum Gasteiger partial charge on any atom is -0.352 e. The summed E-state index contributed by atoms with van der Waals surface area (Å²) in [5, 5.41) is 2.65. The second kappa shape index (κ2) is 5.86. The quantitative estimate of drug-likeness (QED) is 0.703. The van der Waals surface area contributed by atoms with Crippen molar-refractivity contribution < 1.29 is 17.6 Å². The average Bonchev–Trinajstić information content (AvgIpc) is 2.82. The number of nitrogens with two attached hydrogens (primary N) is 1. The van der Waals surface area contributed by atoms with E-state index in [9.17, 15) is 17.6 Å². The Bertz CT molecular complexity index is 618. The van der Waals surface area contributed by atoms with Gasteiger partial charge >= 0.3 is 0 Å². The molecule has 1 aliphatic rings. The number of hydrogen-bond acceptors (Lipinski definition) is 4. The van der Waals surface area contributed by atoms with Crippen LogP contribution in [-0.2, 0) is 21.4 Å². The van der Waals surface area contributed by atoms with Crippen LogP contribution >= 0.6 is 0 Å². The Balaban J connectivity index is 2.14. The maximum atomic E-state index is 13.5. The number of benzene rings is 1. The normalized spacial score (nSPS) is 19.1. The molecule has 110 valence electrons. The molecule has 1 heterocycles. The van der Waals surface area contributed by atoms with Crippen molar-refractivity contribution in [3.05, 3.63) is 29.6 Å². The van der Waals surface area contributed by atoms with E-state index >= 15 is 0 Å². The van der Waals surface area contributed by atoms with Gasteiger partial charge in [-0.1, -0.05) is 6.07 Å². The average molecular weight is 301 g/mol. The van der Waals surface area contributed by atoms with Crippen LogP contribution < -0.4 is 15.8 Å². The molecule has 1 atom stereocenters. The summed E-state index contributed by atoms with van der Waals surface area (Å²) in [4.78, 5) is 10.9. The van der Waals surface area contributed by atoms with Crippen molar-refractivity contribution in [3.63, 3.8) is 0 Å². The van der Waals surface area contributed by atoms with Gasteiger partial charge < -0.3 is 11.1 Å². The summed E-state index contributed by atoms with van der Waals surface area (Å²) >= 11 is 0. The van der Waals surface area contributed by atoms with Gasteiger partial charge in [0.2, 0.25) is 15.9 Å². The van der Waals surface area contributed by atoms with Crippen molar-refractivity contribution in [3.8, 4) is 0 Å². The van der Waals surface area contributed by atoms with Crippen LogP contribution in [0, 0.1) is 5.82 Å². The number of hydrogen-bond donors (Lipinski definition) is 3. The smallest absolute Gasteiger partial charge is 0.241 e. The summed E-state index contributed by atoms with van der Waals surface area (Å²) in [6.45, 7) is -0.127. The summed E-state index contributed by atoms with van der Waals surface area (Å²) < 4.78 is 40.2. The third kappa shape index (κ3) is 3.14. The highest BCUT2D eigenvalue weighted by Crippen LogP contribution is 2.18. The van der Waals surface area contributed by atoms with Crippen LogP contribution in [0.3, 0.4) is 0 Å². The molecule has 0 aliphatic carbocycles. The Kier molecular flexibility index (Phi) is 4.36. The third-order valence-electron chi connectivity index (χ3n) is 3.17. The highest BCUT2D eigenvalue weighted by molar-refractivity contribution is 7.89. The van der Waals surface area contributed by atoms with Crippen LogP contribution in [0.1, 0.15) is 18.4 Å². The van der Waals surface area contributed by atoms with Crippen molar-refractivity contribution in [1.82, 2.24) is 10.0 Å². The second-order valence-corrected chi connectivity index (χ2v) is 6.31. The molecular formula is C12H16FN3O3S. The van der Waals surface area contributed by atoms with E-state index in [0.29, 0.717) is 12.8 Å². The summed E-state index contributed by atoms with van der Waals surface area (Å²) in [5.41, 5.74) is 5.35. The molecule has 1 amide bonds. The second-order valence-electron chi connectivity index (χ2n) is 4.58. The van der Waals surface area contributed by atoms with E-state index in [1.165, 1.54) is 18.2 Å². The number of amides is 1. The minimum absolute atomic E-state index is 0.0459. The van der Waals surface area contributed by atoms with Crippen molar-refractivity contribution in [2.24, 2.45) is 5.73 Å². The molecule has 1 aromatic rings. The lowest BCUT2D eigenvalue weighted by Gasteiger charge is -2.14. The van der Waals surface area contributed by atoms with Gasteiger partial charge in [-0.2, -0.15) is 0 Å². The number of nitrogens with one attached hydrogen (secondary N) is 2. The third-order valence-corrected chi connectivity index (χ3v) is 4.68. The summed E-state index contributed by atoms with van der Waals surface area (Å²) in [6, 6.07) is 3.56. The van der Waals surface area contributed by atoms with Crippen LogP contribution in [0.2, 0.25) is 0 Å². The van der Waals surface area contributed by atoms with E-state index in [0.717, 1.165) is 0 Å². The molecule has 2 rings (SSSR count). The Morgan fingerprint density at radius 3 is 2.80 bits per heavy atom. The lowest BCUT2D eigenvalue weighted by Crippen LogP contribution is -2.38. The SMILES string of the molecule is NCc1c(F)cccc1S(=O)(=O)NCC1CCC(=O)N1. The van der Waals surface area contributed by atoms with Gasteiger partial charge in [-0.25, -0.2) is 17.5 Å². The lowest BCUT2D eigenvalue weighted by atomic mass is 10.2. The molecule has 1 aliphatic heterocycles. The van der Waals surface area contributed by atoms with Crippen LogP contribution in [0.15, 0.2) is 23.1 Å². The molecular weight excluding hydrogens is 285 g/mol. The number of sulfonamides is 1. The van der Waals surface area contributed by atoms with Gasteiger partial charge in [-0.15, -0.1) is 0 Å². The fourth-order valence-corrected chi connectivity index (χ4v) is 3.45. The molecule has 1 fully saturated rings. The monoisotopic (exact) mass is 301 g/mol. The van der Waals surface area contributed by atoms with E-state index in [4.69, 9.17) is 5.73 Å². The highest BCUT2D eigenvalue weighted by Gasteiger charge is 2.25. The predicted molar refractivity (Wildman–Crippen MR) is 70.6 cm³/mol. The minimum atomic E-state index is -3.85. The molecule has 0 bridgehead atoms. The number of rotatable bonds is 5. The first kappa shape index (κ1) is 14.9. The summed E-state index contributed by atoms with van der Waals surface area (Å²) in [6.07, 6.45) is 0.967. The Morgan fingerprint density at radius 1 is 1.45 bits per heavy atom. The van der Waals surface area contributed by atoms with Gasteiger partial charge in [-0.3, -0.25) is 4.79 Å². The van der Waals surface area contributed by atoms with Crippen LogP contribution in [0.4, 0.5) is 4.39 Å². The largest absolute Gasteiger partial charge is 0.352 e. The van der Waals surface area contributed by atoms with E-state index in [1.807, 2.05) is 0 Å². The molecule has 0 radical (unpaired) electrons. The Hall–Kier alpha value is -1.51. The summed E-state index contributed by atoms with van der Waals surface area (Å²) in [5.74, 6) is -0.743. The fourth-order valence-electron chi connectivity index (χ4n) is 2.11. The van der Waals surface area contributed by atoms with Crippen molar-refractivity contribution in [2.75, 3.05) is 6.54 Å². The maximum absolute atomic E-state index is 13.5. The first-order valence-corrected chi connectivity index (χ1v) is 7.69. The highest BCUT2D eigenvalue weighted by atomic mass is 32.2. The molecule has 6 nitrogen and oxygen atoms in total. The van der Waals surface area contributed by atoms with Crippen molar-refractivity contribution in [1.29, 1.82) is 0 Å². The van der Waals surface area contributed by atoms with Gasteiger partial charge in [0.05, 0.1) is 4.90 Å². The summed E-state index contributed by atoms with van der Waals surface area (Å²) in [7, 11) is -3.85. The van der Waals surface area contributed by atoms with Crippen LogP contribution in [0.5, 0.6) is 0 Å². The number of carbonyl (C=O) groups excluding carboxylic acids is 1. The molecule has 20 heavy (non-hydrogen) atoms. The fraction of sp³-hybridized carbons (Fsp3) is 0.417. The Labute approximate surface area is 116 Å². The van der Waals surface area contributed by atoms with Gasteiger partial charge in [0.25, 0.3) is 0 Å². The van der Waals surface area contributed by atoms with E-state index < -0.39 is 15.8 Å². The number of carbonyl (C=O) groups is 1. The lowest BCUT2D eigenvalue weighted by molar-refractivity contribution is -0.119. The molecule has 4 N–H and O–H groups in total. The first-order chi connectivity index (χ1) is 9.44. The standard InChI is InChI=1S/C12H16FN3O3S/c13-10-2-1-3-11(9(10)6-14)20(18,19)15-7-8-4-5-12(17)16-8/h1-3,8,15H,4-7,14H2,(H,16,17). The van der Waals surface area contributed by atoms with Gasteiger partial charge in [0.15, 0.2) is 0 Å². The first-order valence-electron chi connectivity index (χ1n) is 6.20. The van der Waals surface area contributed by atoms with Crippen molar-refractivity contribution >= 4 is 15.9 Å². The van der Waals surface area contributed by atoms with E-state index in [1.54, 1.807) is 0 Å². The molecule has 0 spiro atoms. The van der Waals surface area contributed by atoms with Gasteiger partial charge in [-0.05, 0) is 18.6 Å². The molecule has 0 aromatic heterocycles. The molecule has 1 unspecified atom stereocenters. The molecule has 0 saturated carbocycles. The Morgan fingerprint density at radius 2 is 2.20 bits per heavy atom. The zero-order valence-electron chi connectivity index (χ0n) is 10.7. The maximum Gasteiger partial charge on any atom is 0.241 e. The van der Waals surface area contributed by atoms with E-state index in [-0.39, 0.29) is 35.5 Å². The molecule has 1 aromatic carbocycles. The number of halogens is 1. The molecule has 8 heteroatoms. The topological polar surface area (TPSA) is 101 Å². The van der Waals surface area contributed by atoms with E-state index in [2.05, 4.69) is 10.0 Å².